The van der Waals surface area contributed by atoms with Crippen LogP contribution >= 0.6 is 0 Å². The molecule has 1 aromatic rings. The molecule has 1 heterocycles. The Morgan fingerprint density at radius 3 is 2.69 bits per heavy atom. The first-order chi connectivity index (χ1) is 6.15. The Balaban J connectivity index is 2.95. The third kappa shape index (κ3) is 2.09. The molecule has 0 aromatic carbocycles. The van der Waals surface area contributed by atoms with E-state index in [2.05, 4.69) is 21.7 Å². The largest absolute Gasteiger partial charge is 0.459 e. The molecule has 0 bridgehead atoms. The molecular formula is C9H9NO3. The van der Waals surface area contributed by atoms with E-state index in [-0.39, 0.29) is 0 Å². The summed E-state index contributed by atoms with van der Waals surface area (Å²) in [5.41, 5.74) is 1.32. The van der Waals surface area contributed by atoms with Crippen LogP contribution in [0.3, 0.4) is 0 Å². The molecule has 1 aromatic heterocycles. The van der Waals surface area contributed by atoms with Gasteiger partial charge < -0.3 is 9.26 Å². The van der Waals surface area contributed by atoms with Gasteiger partial charge in [-0.3, -0.25) is 0 Å². The van der Waals surface area contributed by atoms with E-state index in [9.17, 15) is 4.79 Å². The number of carbonyl (C=O) groups is 1. The van der Waals surface area contributed by atoms with Crippen molar-refractivity contribution in [3.8, 4) is 11.8 Å². The minimum absolute atomic E-state index is 0.569. The van der Waals surface area contributed by atoms with E-state index >= 15 is 0 Å². The highest BCUT2D eigenvalue weighted by molar-refractivity contribution is 5.89. The molecule has 0 spiro atoms. The van der Waals surface area contributed by atoms with Gasteiger partial charge in [-0.25, -0.2) is 4.79 Å². The van der Waals surface area contributed by atoms with Gasteiger partial charge in [-0.05, 0) is 19.8 Å². The van der Waals surface area contributed by atoms with Gasteiger partial charge in [0.2, 0.25) is 0 Å². The maximum atomic E-state index is 10.7. The average molecular weight is 179 g/mol. The number of aryl methyl sites for hydroxylation is 2. The number of ether oxygens (including phenoxy) is 1. The average Bonchev–Trinajstić information content (AvgIpc) is 2.43. The number of rotatable bonds is 0. The number of hydrogen-bond donors (Lipinski definition) is 0. The van der Waals surface area contributed by atoms with Crippen LogP contribution in [0.15, 0.2) is 4.52 Å². The van der Waals surface area contributed by atoms with Gasteiger partial charge in [0.05, 0.1) is 18.4 Å². The molecule has 0 unspecified atom stereocenters. The molecule has 13 heavy (non-hydrogen) atoms. The van der Waals surface area contributed by atoms with E-state index in [1.165, 1.54) is 7.11 Å². The Kier molecular flexibility index (Phi) is 2.70. The Morgan fingerprint density at radius 2 is 2.23 bits per heavy atom. The summed E-state index contributed by atoms with van der Waals surface area (Å²) in [6.45, 7) is 3.50. The Labute approximate surface area is 75.9 Å². The molecule has 0 N–H and O–H groups in total. The summed E-state index contributed by atoms with van der Waals surface area (Å²) in [6.07, 6.45) is 0. The Hall–Kier alpha value is -1.76. The van der Waals surface area contributed by atoms with Gasteiger partial charge in [0.15, 0.2) is 0 Å². The quantitative estimate of drug-likeness (QED) is 0.437. The standard InChI is InChI=1S/C9H9NO3/c1-6-8(7(2)13-10-6)4-5-9(11)12-3/h1-3H3. The van der Waals surface area contributed by atoms with Crippen molar-refractivity contribution in [1.82, 2.24) is 5.16 Å². The van der Waals surface area contributed by atoms with Crippen molar-refractivity contribution in [3.63, 3.8) is 0 Å². The first-order valence-corrected chi connectivity index (χ1v) is 3.68. The summed E-state index contributed by atoms with van der Waals surface area (Å²) in [4.78, 5) is 10.7. The lowest BCUT2D eigenvalue weighted by atomic mass is 10.2. The molecule has 0 radical (unpaired) electrons. The van der Waals surface area contributed by atoms with Crippen molar-refractivity contribution in [2.45, 2.75) is 13.8 Å². The molecule has 0 aliphatic carbocycles. The van der Waals surface area contributed by atoms with Crippen molar-refractivity contribution < 1.29 is 14.1 Å². The van der Waals surface area contributed by atoms with Crippen LogP contribution in [-0.2, 0) is 9.53 Å². The molecule has 0 aliphatic rings. The lowest BCUT2D eigenvalue weighted by Crippen LogP contribution is -1.94. The number of hydrogen-bond acceptors (Lipinski definition) is 4. The number of methoxy groups -OCH3 is 1. The molecule has 0 aliphatic heterocycles. The number of nitrogens with zero attached hydrogens (tertiary/aromatic N) is 1. The maximum absolute atomic E-state index is 10.7. The molecule has 4 heteroatoms. The molecule has 0 fully saturated rings. The highest BCUT2D eigenvalue weighted by Crippen LogP contribution is 2.09. The van der Waals surface area contributed by atoms with Gasteiger partial charge in [0, 0.05) is 5.92 Å². The maximum Gasteiger partial charge on any atom is 0.384 e. The second-order valence-electron chi connectivity index (χ2n) is 2.44. The van der Waals surface area contributed by atoms with Crippen LogP contribution in [0.4, 0.5) is 0 Å². The van der Waals surface area contributed by atoms with Crippen LogP contribution in [-0.4, -0.2) is 18.2 Å². The van der Waals surface area contributed by atoms with Crippen molar-refractivity contribution >= 4 is 5.97 Å². The van der Waals surface area contributed by atoms with Crippen LogP contribution in [0, 0.1) is 25.7 Å². The number of esters is 1. The topological polar surface area (TPSA) is 52.3 Å². The normalized spacial score (nSPS) is 8.85. The summed E-state index contributed by atoms with van der Waals surface area (Å²) >= 11 is 0. The predicted molar refractivity (Wildman–Crippen MR) is 44.9 cm³/mol. The Morgan fingerprint density at radius 1 is 1.54 bits per heavy atom. The third-order valence-corrected chi connectivity index (χ3v) is 1.51. The summed E-state index contributed by atoms with van der Waals surface area (Å²) < 4.78 is 9.22. The van der Waals surface area contributed by atoms with E-state index in [1.54, 1.807) is 13.8 Å². The number of aromatic nitrogens is 1. The third-order valence-electron chi connectivity index (χ3n) is 1.51. The SMILES string of the molecule is COC(=O)C#Cc1c(C)noc1C. The van der Waals surface area contributed by atoms with Crippen molar-refractivity contribution in [2.24, 2.45) is 0 Å². The first-order valence-electron chi connectivity index (χ1n) is 3.68. The van der Waals surface area contributed by atoms with E-state index in [0.717, 1.165) is 0 Å². The highest BCUT2D eigenvalue weighted by Gasteiger charge is 2.05. The minimum atomic E-state index is -0.569. The monoisotopic (exact) mass is 179 g/mol. The molecule has 4 nitrogen and oxygen atoms in total. The molecule has 0 atom stereocenters. The first kappa shape index (κ1) is 9.33. The summed E-state index contributed by atoms with van der Waals surface area (Å²) in [5.74, 6) is 4.97. The zero-order valence-electron chi connectivity index (χ0n) is 7.67. The summed E-state index contributed by atoms with van der Waals surface area (Å²) in [6, 6.07) is 0. The van der Waals surface area contributed by atoms with Crippen LogP contribution < -0.4 is 0 Å². The Bertz CT molecular complexity index is 362. The fourth-order valence-electron chi connectivity index (χ4n) is 0.826. The minimum Gasteiger partial charge on any atom is -0.459 e. The summed E-state index contributed by atoms with van der Waals surface area (Å²) in [5, 5.41) is 3.69. The van der Waals surface area contributed by atoms with Crippen molar-refractivity contribution in [1.29, 1.82) is 0 Å². The van der Waals surface area contributed by atoms with Crippen molar-refractivity contribution in [3.05, 3.63) is 17.0 Å². The molecule has 1 rings (SSSR count). The molecule has 0 saturated carbocycles. The van der Waals surface area contributed by atoms with Gasteiger partial charge in [0.25, 0.3) is 0 Å². The van der Waals surface area contributed by atoms with Crippen LogP contribution in [0.1, 0.15) is 17.0 Å². The lowest BCUT2D eigenvalue weighted by molar-refractivity contribution is -0.133. The zero-order valence-corrected chi connectivity index (χ0v) is 7.67. The molecule has 68 valence electrons. The molecule has 0 amide bonds. The van der Waals surface area contributed by atoms with Gasteiger partial charge in [-0.1, -0.05) is 5.16 Å². The van der Waals surface area contributed by atoms with Gasteiger partial charge in [-0.15, -0.1) is 0 Å². The van der Waals surface area contributed by atoms with Crippen LogP contribution in [0.25, 0.3) is 0 Å². The van der Waals surface area contributed by atoms with Crippen LogP contribution in [0.2, 0.25) is 0 Å². The zero-order chi connectivity index (χ0) is 9.84. The van der Waals surface area contributed by atoms with E-state index in [1.807, 2.05) is 0 Å². The fraction of sp³-hybridized carbons (Fsp3) is 0.333. The van der Waals surface area contributed by atoms with Gasteiger partial charge in [-0.2, -0.15) is 0 Å². The molecular weight excluding hydrogens is 170 g/mol. The van der Waals surface area contributed by atoms with E-state index < -0.39 is 5.97 Å². The van der Waals surface area contributed by atoms with Gasteiger partial charge in [0.1, 0.15) is 5.76 Å². The second kappa shape index (κ2) is 3.76. The fourth-order valence-corrected chi connectivity index (χ4v) is 0.826. The van der Waals surface area contributed by atoms with E-state index in [4.69, 9.17) is 4.52 Å². The van der Waals surface area contributed by atoms with Crippen molar-refractivity contribution in [2.75, 3.05) is 7.11 Å². The highest BCUT2D eigenvalue weighted by atomic mass is 16.5. The lowest BCUT2D eigenvalue weighted by Gasteiger charge is -1.85. The van der Waals surface area contributed by atoms with Crippen LogP contribution in [0.5, 0.6) is 0 Å². The second-order valence-corrected chi connectivity index (χ2v) is 2.44. The molecule has 0 saturated heterocycles. The summed E-state index contributed by atoms with van der Waals surface area (Å²) in [7, 11) is 1.28. The predicted octanol–water partition coefficient (Wildman–Crippen LogP) is 0.816. The van der Waals surface area contributed by atoms with E-state index in [0.29, 0.717) is 17.0 Å². The number of carbonyl (C=O) groups excluding carboxylic acids is 1. The van der Waals surface area contributed by atoms with Gasteiger partial charge >= 0.3 is 5.97 Å². The smallest absolute Gasteiger partial charge is 0.384 e.